The van der Waals surface area contributed by atoms with E-state index < -0.39 is 0 Å². The molecule has 0 aliphatic carbocycles. The molecule has 3 heterocycles. The van der Waals surface area contributed by atoms with E-state index in [1.807, 2.05) is 13.0 Å². The van der Waals surface area contributed by atoms with Gasteiger partial charge in [-0.3, -0.25) is 4.90 Å². The van der Waals surface area contributed by atoms with E-state index in [-0.39, 0.29) is 12.6 Å². The van der Waals surface area contributed by atoms with Gasteiger partial charge in [-0.2, -0.15) is 5.26 Å². The van der Waals surface area contributed by atoms with Crippen LogP contribution in [0.5, 0.6) is 0 Å². The fourth-order valence-electron chi connectivity index (χ4n) is 4.38. The molecule has 1 fully saturated rings. The third-order valence-corrected chi connectivity index (χ3v) is 6.18. The molecule has 1 unspecified atom stereocenters. The van der Waals surface area contributed by atoms with Crippen LogP contribution in [0.3, 0.4) is 0 Å². The van der Waals surface area contributed by atoms with Crippen LogP contribution in [0.15, 0.2) is 30.3 Å². The van der Waals surface area contributed by atoms with Crippen molar-refractivity contribution in [1.82, 2.24) is 9.88 Å². The number of rotatable bonds is 7. The molecule has 0 spiro atoms. The van der Waals surface area contributed by atoms with Crippen molar-refractivity contribution in [3.05, 3.63) is 52.6 Å². The minimum Gasteiger partial charge on any atom is -0.394 e. The van der Waals surface area contributed by atoms with Gasteiger partial charge in [-0.1, -0.05) is 37.3 Å². The average Bonchev–Trinajstić information content (AvgIpc) is 2.83. The number of nitrogens with one attached hydrogen (secondary N) is 1. The molecule has 0 radical (unpaired) electrons. The molecule has 0 amide bonds. The number of hydrogen-bond donors (Lipinski definition) is 2. The maximum absolute atomic E-state index is 10.00. The number of aliphatic hydroxyl groups excluding tert-OH is 1. The first-order valence-corrected chi connectivity index (χ1v) is 11.2. The molecule has 164 valence electrons. The maximum atomic E-state index is 10.00. The Bertz CT molecular complexity index is 918. The van der Waals surface area contributed by atoms with E-state index in [0.29, 0.717) is 24.6 Å². The first-order chi connectivity index (χ1) is 15.2. The van der Waals surface area contributed by atoms with Gasteiger partial charge in [-0.25, -0.2) is 4.98 Å². The molecular weight excluding hydrogens is 390 g/mol. The van der Waals surface area contributed by atoms with Crippen LogP contribution in [0.1, 0.15) is 35.6 Å². The van der Waals surface area contributed by atoms with Gasteiger partial charge in [0.25, 0.3) is 0 Å². The number of fused-ring (bicyclic) bond motifs is 1. The highest BCUT2D eigenvalue weighted by Crippen LogP contribution is 2.34. The van der Waals surface area contributed by atoms with E-state index in [0.717, 1.165) is 62.5 Å². The van der Waals surface area contributed by atoms with Crippen molar-refractivity contribution in [1.29, 1.82) is 5.26 Å². The monoisotopic (exact) mass is 421 g/mol. The highest BCUT2D eigenvalue weighted by molar-refractivity contribution is 5.67. The largest absolute Gasteiger partial charge is 0.394 e. The van der Waals surface area contributed by atoms with Gasteiger partial charge in [0.2, 0.25) is 0 Å². The zero-order valence-corrected chi connectivity index (χ0v) is 18.2. The Balaban J connectivity index is 1.70. The van der Waals surface area contributed by atoms with Gasteiger partial charge < -0.3 is 20.1 Å². The quantitative estimate of drug-likeness (QED) is 0.711. The molecule has 2 aromatic rings. The Hall–Kier alpha value is -2.66. The minimum absolute atomic E-state index is 0.0118. The van der Waals surface area contributed by atoms with Gasteiger partial charge in [0.05, 0.1) is 31.4 Å². The van der Waals surface area contributed by atoms with Gasteiger partial charge in [0, 0.05) is 38.3 Å². The lowest BCUT2D eigenvalue weighted by atomic mass is 9.94. The van der Waals surface area contributed by atoms with Gasteiger partial charge in [0.15, 0.2) is 0 Å². The van der Waals surface area contributed by atoms with Crippen molar-refractivity contribution in [3.63, 3.8) is 0 Å². The number of hydrogen-bond acceptors (Lipinski definition) is 7. The summed E-state index contributed by atoms with van der Waals surface area (Å²) in [6.45, 7) is 7.53. The van der Waals surface area contributed by atoms with Crippen molar-refractivity contribution in [2.24, 2.45) is 0 Å². The first kappa shape index (κ1) is 21.6. The minimum atomic E-state index is -0.117. The summed E-state index contributed by atoms with van der Waals surface area (Å²) < 4.78 is 5.56. The Labute approximate surface area is 184 Å². The van der Waals surface area contributed by atoms with E-state index >= 15 is 0 Å². The Morgan fingerprint density at radius 3 is 2.65 bits per heavy atom. The van der Waals surface area contributed by atoms with Crippen LogP contribution in [-0.2, 0) is 24.2 Å². The predicted octanol–water partition coefficient (Wildman–Crippen LogP) is 2.53. The van der Waals surface area contributed by atoms with Crippen LogP contribution >= 0.6 is 0 Å². The van der Waals surface area contributed by atoms with Crippen LogP contribution < -0.4 is 10.2 Å². The lowest BCUT2D eigenvalue weighted by Gasteiger charge is -2.36. The number of pyridine rings is 1. The number of benzene rings is 1. The molecule has 0 bridgehead atoms. The van der Waals surface area contributed by atoms with Crippen molar-refractivity contribution in [3.8, 4) is 6.07 Å². The highest BCUT2D eigenvalue weighted by atomic mass is 16.5. The molecule has 4 rings (SSSR count). The van der Waals surface area contributed by atoms with Gasteiger partial charge in [-0.05, 0) is 24.0 Å². The summed E-state index contributed by atoms with van der Waals surface area (Å²) in [7, 11) is 0. The lowest BCUT2D eigenvalue weighted by molar-refractivity contribution is 0.122. The van der Waals surface area contributed by atoms with Crippen LogP contribution in [0, 0.1) is 11.3 Å². The molecule has 31 heavy (non-hydrogen) atoms. The zero-order valence-electron chi connectivity index (χ0n) is 18.2. The number of aromatic nitrogens is 1. The summed E-state index contributed by atoms with van der Waals surface area (Å²) in [6, 6.07) is 12.8. The fourth-order valence-corrected chi connectivity index (χ4v) is 4.38. The molecule has 1 atom stereocenters. The molecule has 2 aliphatic rings. The predicted molar refractivity (Wildman–Crippen MR) is 121 cm³/mol. The summed E-state index contributed by atoms with van der Waals surface area (Å²) in [6.07, 6.45) is 1.58. The molecule has 1 aromatic heterocycles. The molecule has 0 saturated carbocycles. The number of aliphatic hydroxyl groups is 1. The van der Waals surface area contributed by atoms with E-state index in [2.05, 4.69) is 45.5 Å². The SMILES string of the molecule is CCC(CO)Nc1nc(N2CCOCC2)c2c(c1C#N)CCN(Cc1ccccc1)C2. The van der Waals surface area contributed by atoms with Crippen LogP contribution in [-0.4, -0.2) is 60.5 Å². The topological polar surface area (TPSA) is 84.6 Å². The van der Waals surface area contributed by atoms with Gasteiger partial charge in [0.1, 0.15) is 17.7 Å². The first-order valence-electron chi connectivity index (χ1n) is 11.2. The highest BCUT2D eigenvalue weighted by Gasteiger charge is 2.29. The van der Waals surface area contributed by atoms with E-state index in [1.54, 1.807) is 0 Å². The number of nitriles is 1. The van der Waals surface area contributed by atoms with E-state index in [1.165, 1.54) is 5.56 Å². The molecule has 2 aliphatic heterocycles. The van der Waals surface area contributed by atoms with Crippen molar-refractivity contribution >= 4 is 11.6 Å². The zero-order chi connectivity index (χ0) is 21.6. The van der Waals surface area contributed by atoms with Crippen LogP contribution in [0.25, 0.3) is 0 Å². The van der Waals surface area contributed by atoms with Crippen molar-refractivity contribution in [2.45, 2.75) is 38.9 Å². The third kappa shape index (κ3) is 4.82. The molecule has 7 heteroatoms. The van der Waals surface area contributed by atoms with Crippen LogP contribution in [0.2, 0.25) is 0 Å². The Morgan fingerprint density at radius 2 is 1.97 bits per heavy atom. The number of anilines is 2. The normalized spacial score (nSPS) is 17.6. The number of nitrogens with zero attached hydrogens (tertiary/aromatic N) is 4. The Kier molecular flexibility index (Phi) is 7.03. The van der Waals surface area contributed by atoms with Crippen molar-refractivity contribution < 1.29 is 9.84 Å². The summed E-state index contributed by atoms with van der Waals surface area (Å²) in [5.74, 6) is 1.55. The second-order valence-electron chi connectivity index (χ2n) is 8.21. The third-order valence-electron chi connectivity index (χ3n) is 6.18. The number of morpholine rings is 1. The molecule has 1 saturated heterocycles. The van der Waals surface area contributed by atoms with Gasteiger partial charge >= 0.3 is 0 Å². The maximum Gasteiger partial charge on any atom is 0.146 e. The average molecular weight is 422 g/mol. The molecular formula is C24H31N5O2. The Morgan fingerprint density at radius 1 is 1.19 bits per heavy atom. The smallest absolute Gasteiger partial charge is 0.146 e. The molecule has 1 aromatic carbocycles. The molecule has 7 nitrogen and oxygen atoms in total. The van der Waals surface area contributed by atoms with Crippen LogP contribution in [0.4, 0.5) is 11.6 Å². The number of ether oxygens (including phenoxy) is 1. The second kappa shape index (κ2) is 10.1. The second-order valence-corrected chi connectivity index (χ2v) is 8.21. The van der Waals surface area contributed by atoms with Crippen molar-refractivity contribution in [2.75, 3.05) is 49.7 Å². The summed E-state index contributed by atoms with van der Waals surface area (Å²) in [4.78, 5) is 9.67. The van der Waals surface area contributed by atoms with E-state index in [4.69, 9.17) is 9.72 Å². The summed E-state index contributed by atoms with van der Waals surface area (Å²) in [5, 5.41) is 23.0. The van der Waals surface area contributed by atoms with E-state index in [9.17, 15) is 10.4 Å². The van der Waals surface area contributed by atoms with Gasteiger partial charge in [-0.15, -0.1) is 0 Å². The molecule has 2 N–H and O–H groups in total. The summed E-state index contributed by atoms with van der Waals surface area (Å²) >= 11 is 0. The standard InChI is InChI=1S/C24H31N5O2/c1-2-19(17-30)26-23-21(14-25)20-8-9-28(15-18-6-4-3-5-7-18)16-22(20)24(27-23)29-10-12-31-13-11-29/h3-7,19,30H,2,8-13,15-17H2,1H3,(H,26,27). The lowest BCUT2D eigenvalue weighted by Crippen LogP contribution is -2.40. The fraction of sp³-hybridized carbons (Fsp3) is 0.500. The summed E-state index contributed by atoms with van der Waals surface area (Å²) in [5.41, 5.74) is 4.17.